The molecule has 0 atom stereocenters. The molecule has 0 fully saturated rings. The molecule has 1 N–H and O–H groups in total. The van der Waals surface area contributed by atoms with Gasteiger partial charge in [-0.15, -0.1) is 0 Å². The number of carbonyl (C=O) groups excluding carboxylic acids is 2. The summed E-state index contributed by atoms with van der Waals surface area (Å²) in [5.41, 5.74) is 0.911. The average molecular weight is 285 g/mol. The van der Waals surface area contributed by atoms with Gasteiger partial charge >= 0.3 is 0 Å². The van der Waals surface area contributed by atoms with Crippen LogP contribution in [-0.4, -0.2) is 11.8 Å². The van der Waals surface area contributed by atoms with E-state index in [1.165, 1.54) is 6.07 Å². The Morgan fingerprint density at radius 1 is 0.714 bits per heavy atom. The Bertz CT molecular complexity index is 782. The standard InChI is InChI=1S/C16H9F2NO2/c17-11-7-6-10(8-12(11)18)14-13(15(20)19-16(14)21)9-4-2-1-3-5-9/h1-8H,(H,19,20,21). The van der Waals surface area contributed by atoms with Crippen LogP contribution in [0.15, 0.2) is 48.5 Å². The summed E-state index contributed by atoms with van der Waals surface area (Å²) in [6.45, 7) is 0. The topological polar surface area (TPSA) is 46.2 Å². The van der Waals surface area contributed by atoms with Crippen molar-refractivity contribution in [1.29, 1.82) is 0 Å². The molecule has 1 aliphatic heterocycles. The van der Waals surface area contributed by atoms with Crippen molar-refractivity contribution in [3.8, 4) is 0 Å². The molecular weight excluding hydrogens is 276 g/mol. The van der Waals surface area contributed by atoms with Crippen LogP contribution in [0.2, 0.25) is 0 Å². The number of amides is 2. The molecule has 5 heteroatoms. The summed E-state index contributed by atoms with van der Waals surface area (Å²) in [5.74, 6) is -3.25. The largest absolute Gasteiger partial charge is 0.288 e. The van der Waals surface area contributed by atoms with E-state index >= 15 is 0 Å². The van der Waals surface area contributed by atoms with Crippen molar-refractivity contribution >= 4 is 23.0 Å². The molecule has 21 heavy (non-hydrogen) atoms. The first-order chi connectivity index (χ1) is 10.1. The fraction of sp³-hybridized carbons (Fsp3) is 0. The minimum atomic E-state index is -1.07. The lowest BCUT2D eigenvalue weighted by molar-refractivity contribution is -0.122. The monoisotopic (exact) mass is 285 g/mol. The Labute approximate surface area is 118 Å². The van der Waals surface area contributed by atoms with E-state index in [9.17, 15) is 18.4 Å². The maximum Gasteiger partial charge on any atom is 0.259 e. The lowest BCUT2D eigenvalue weighted by Crippen LogP contribution is -2.22. The van der Waals surface area contributed by atoms with Gasteiger partial charge in [-0.3, -0.25) is 14.9 Å². The molecule has 1 aliphatic rings. The van der Waals surface area contributed by atoms with Crippen molar-refractivity contribution in [3.05, 3.63) is 71.3 Å². The first kappa shape index (κ1) is 13.2. The van der Waals surface area contributed by atoms with Crippen molar-refractivity contribution in [2.45, 2.75) is 0 Å². The number of hydrogen-bond donors (Lipinski definition) is 1. The van der Waals surface area contributed by atoms with Gasteiger partial charge < -0.3 is 0 Å². The van der Waals surface area contributed by atoms with Crippen LogP contribution in [0.4, 0.5) is 8.78 Å². The lowest BCUT2D eigenvalue weighted by Gasteiger charge is -2.05. The summed E-state index contributed by atoms with van der Waals surface area (Å²) >= 11 is 0. The van der Waals surface area contributed by atoms with Gasteiger partial charge in [-0.25, -0.2) is 8.78 Å². The molecule has 0 unspecified atom stereocenters. The third kappa shape index (κ3) is 2.23. The molecule has 0 spiro atoms. The summed E-state index contributed by atoms with van der Waals surface area (Å²) in [4.78, 5) is 23.9. The SMILES string of the molecule is O=C1NC(=O)C(c2ccc(F)c(F)c2)=C1c1ccccc1. The van der Waals surface area contributed by atoms with E-state index in [-0.39, 0.29) is 16.7 Å². The van der Waals surface area contributed by atoms with Gasteiger partial charge in [0.15, 0.2) is 11.6 Å². The van der Waals surface area contributed by atoms with Crippen LogP contribution in [0.1, 0.15) is 11.1 Å². The molecule has 104 valence electrons. The molecule has 0 aliphatic carbocycles. The van der Waals surface area contributed by atoms with Crippen LogP contribution in [0.3, 0.4) is 0 Å². The van der Waals surface area contributed by atoms with E-state index in [1.54, 1.807) is 30.3 Å². The maximum absolute atomic E-state index is 13.4. The van der Waals surface area contributed by atoms with Crippen LogP contribution < -0.4 is 5.32 Å². The molecule has 0 radical (unpaired) electrons. The Balaban J connectivity index is 2.24. The molecule has 2 amide bonds. The Kier molecular flexibility index (Phi) is 3.10. The molecule has 3 nitrogen and oxygen atoms in total. The van der Waals surface area contributed by atoms with Gasteiger partial charge in [0.25, 0.3) is 11.8 Å². The molecule has 2 aromatic rings. The number of rotatable bonds is 2. The molecule has 3 rings (SSSR count). The molecular formula is C16H9F2NO2. The van der Waals surface area contributed by atoms with Crippen LogP contribution in [0.5, 0.6) is 0 Å². The number of carbonyl (C=O) groups is 2. The smallest absolute Gasteiger partial charge is 0.259 e. The molecule has 0 saturated heterocycles. The first-order valence-corrected chi connectivity index (χ1v) is 6.18. The Hall–Kier alpha value is -2.82. The first-order valence-electron chi connectivity index (χ1n) is 6.18. The third-order valence-electron chi connectivity index (χ3n) is 3.20. The van der Waals surface area contributed by atoms with Gasteiger partial charge in [-0.1, -0.05) is 36.4 Å². The highest BCUT2D eigenvalue weighted by Gasteiger charge is 2.32. The molecule has 1 heterocycles. The second kappa shape index (κ2) is 4.94. The van der Waals surface area contributed by atoms with E-state index in [1.807, 2.05) is 0 Å². The van der Waals surface area contributed by atoms with Crippen LogP contribution in [-0.2, 0) is 9.59 Å². The number of hydrogen-bond acceptors (Lipinski definition) is 2. The maximum atomic E-state index is 13.4. The summed E-state index contributed by atoms with van der Waals surface area (Å²) in [7, 11) is 0. The zero-order valence-corrected chi connectivity index (χ0v) is 10.7. The van der Waals surface area contributed by atoms with Gasteiger partial charge in [0.05, 0.1) is 11.1 Å². The van der Waals surface area contributed by atoms with Crippen LogP contribution >= 0.6 is 0 Å². The quantitative estimate of drug-likeness (QED) is 0.862. The lowest BCUT2D eigenvalue weighted by atomic mass is 9.96. The van der Waals surface area contributed by atoms with Gasteiger partial charge in [0.1, 0.15) is 0 Å². The minimum Gasteiger partial charge on any atom is -0.288 e. The van der Waals surface area contributed by atoms with E-state index < -0.39 is 23.4 Å². The molecule has 0 saturated carbocycles. The zero-order chi connectivity index (χ0) is 15.0. The predicted molar refractivity (Wildman–Crippen MR) is 72.8 cm³/mol. The fourth-order valence-electron chi connectivity index (χ4n) is 2.26. The predicted octanol–water partition coefficient (Wildman–Crippen LogP) is 2.53. The van der Waals surface area contributed by atoms with Crippen LogP contribution in [0, 0.1) is 11.6 Å². The van der Waals surface area contributed by atoms with E-state index in [4.69, 9.17) is 0 Å². The summed E-state index contributed by atoms with van der Waals surface area (Å²) in [5, 5.41) is 2.18. The molecule has 2 aromatic carbocycles. The normalized spacial score (nSPS) is 14.6. The third-order valence-corrected chi connectivity index (χ3v) is 3.20. The second-order valence-corrected chi connectivity index (χ2v) is 4.53. The molecule has 0 bridgehead atoms. The van der Waals surface area contributed by atoms with Crippen molar-refractivity contribution in [2.75, 3.05) is 0 Å². The van der Waals surface area contributed by atoms with Gasteiger partial charge in [0.2, 0.25) is 0 Å². The summed E-state index contributed by atoms with van der Waals surface area (Å²) in [6, 6.07) is 11.7. The number of nitrogens with one attached hydrogen (secondary N) is 1. The van der Waals surface area contributed by atoms with E-state index in [0.717, 1.165) is 12.1 Å². The van der Waals surface area contributed by atoms with E-state index in [0.29, 0.717) is 5.56 Å². The number of halogens is 2. The van der Waals surface area contributed by atoms with Gasteiger partial charge in [-0.05, 0) is 23.3 Å². The van der Waals surface area contributed by atoms with Crippen molar-refractivity contribution < 1.29 is 18.4 Å². The van der Waals surface area contributed by atoms with Crippen LogP contribution in [0.25, 0.3) is 11.1 Å². The number of benzene rings is 2. The van der Waals surface area contributed by atoms with Crippen molar-refractivity contribution in [2.24, 2.45) is 0 Å². The highest BCUT2D eigenvalue weighted by Crippen LogP contribution is 2.31. The second-order valence-electron chi connectivity index (χ2n) is 4.53. The average Bonchev–Trinajstić information content (AvgIpc) is 2.77. The summed E-state index contributed by atoms with van der Waals surface area (Å²) in [6.07, 6.45) is 0. The Morgan fingerprint density at radius 3 is 1.95 bits per heavy atom. The molecule has 0 aromatic heterocycles. The number of imide groups is 1. The van der Waals surface area contributed by atoms with Gasteiger partial charge in [-0.2, -0.15) is 0 Å². The van der Waals surface area contributed by atoms with Gasteiger partial charge in [0, 0.05) is 0 Å². The minimum absolute atomic E-state index is 0.0464. The van der Waals surface area contributed by atoms with Crippen molar-refractivity contribution in [3.63, 3.8) is 0 Å². The summed E-state index contributed by atoms with van der Waals surface area (Å²) < 4.78 is 26.4. The highest BCUT2D eigenvalue weighted by atomic mass is 19.2. The highest BCUT2D eigenvalue weighted by molar-refractivity contribution is 6.49. The fourth-order valence-corrected chi connectivity index (χ4v) is 2.26. The van der Waals surface area contributed by atoms with E-state index in [2.05, 4.69) is 5.32 Å². The van der Waals surface area contributed by atoms with Crippen molar-refractivity contribution in [1.82, 2.24) is 5.32 Å². The zero-order valence-electron chi connectivity index (χ0n) is 10.7. The Morgan fingerprint density at radius 2 is 1.33 bits per heavy atom.